The molecule has 3 nitrogen and oxygen atoms in total. The molecule has 0 N–H and O–H groups in total. The summed E-state index contributed by atoms with van der Waals surface area (Å²) in [5, 5.41) is 8.10. The van der Waals surface area contributed by atoms with Crippen LogP contribution in [0.4, 0.5) is 0 Å². The van der Waals surface area contributed by atoms with Gasteiger partial charge in [-0.05, 0) is 24.1 Å². The third kappa shape index (κ3) is 2.63. The van der Waals surface area contributed by atoms with Gasteiger partial charge in [-0.3, -0.25) is 0 Å². The Kier molecular flexibility index (Phi) is 3.24. The number of para-hydroxylation sites is 1. The Morgan fingerprint density at radius 2 is 1.74 bits per heavy atom. The van der Waals surface area contributed by atoms with E-state index in [1.165, 1.54) is 5.56 Å². The van der Waals surface area contributed by atoms with E-state index in [9.17, 15) is 0 Å². The summed E-state index contributed by atoms with van der Waals surface area (Å²) in [7, 11) is 0. The summed E-state index contributed by atoms with van der Waals surface area (Å²) in [4.78, 5) is 0. The van der Waals surface area contributed by atoms with Gasteiger partial charge in [0.25, 0.3) is 0 Å². The first-order chi connectivity index (χ1) is 9.43. The Hall–Kier alpha value is -2.60. The molecule has 0 aliphatic carbocycles. The molecule has 19 heavy (non-hydrogen) atoms. The standard InChI is InChI=1S/C16H13N3/c1-2-8-14(9-3-1)10-6-7-13-19-16-12-5-4-11-15(16)17-18-19/h1-5,8-9,11-12H,6,10H2. The highest BCUT2D eigenvalue weighted by Gasteiger charge is 1.99. The van der Waals surface area contributed by atoms with E-state index in [0.29, 0.717) is 0 Å². The van der Waals surface area contributed by atoms with Crippen LogP contribution in [0.25, 0.3) is 11.0 Å². The van der Waals surface area contributed by atoms with Gasteiger partial charge in [0.05, 0.1) is 0 Å². The molecule has 0 amide bonds. The van der Waals surface area contributed by atoms with Crippen molar-refractivity contribution in [1.29, 1.82) is 0 Å². The van der Waals surface area contributed by atoms with Gasteiger partial charge in [0.1, 0.15) is 11.0 Å². The molecule has 3 rings (SSSR count). The number of rotatable bonds is 2. The lowest BCUT2D eigenvalue weighted by Gasteiger charge is -1.94. The van der Waals surface area contributed by atoms with Crippen LogP contribution in [0.3, 0.4) is 0 Å². The van der Waals surface area contributed by atoms with Crippen LogP contribution < -0.4 is 0 Å². The molecular formula is C16H13N3. The highest BCUT2D eigenvalue weighted by molar-refractivity contribution is 5.74. The molecule has 1 aromatic heterocycles. The van der Waals surface area contributed by atoms with Crippen LogP contribution in [-0.4, -0.2) is 15.0 Å². The van der Waals surface area contributed by atoms with Crippen molar-refractivity contribution in [2.75, 3.05) is 0 Å². The highest BCUT2D eigenvalue weighted by Crippen LogP contribution is 2.08. The first kappa shape index (κ1) is 11.5. The molecule has 0 radical (unpaired) electrons. The molecule has 0 atom stereocenters. The van der Waals surface area contributed by atoms with E-state index >= 15 is 0 Å². The second-order valence-corrected chi connectivity index (χ2v) is 4.26. The maximum Gasteiger partial charge on any atom is 0.114 e. The molecule has 0 bridgehead atoms. The van der Waals surface area contributed by atoms with Crippen molar-refractivity contribution in [1.82, 2.24) is 15.0 Å². The minimum absolute atomic E-state index is 0.818. The Balaban J connectivity index is 1.71. The molecule has 3 aromatic rings. The summed E-state index contributed by atoms with van der Waals surface area (Å²) in [6.07, 6.45) is 1.78. The van der Waals surface area contributed by atoms with Gasteiger partial charge in [0.2, 0.25) is 0 Å². The van der Waals surface area contributed by atoms with E-state index < -0.39 is 0 Å². The van der Waals surface area contributed by atoms with Crippen LogP contribution >= 0.6 is 0 Å². The van der Waals surface area contributed by atoms with Gasteiger partial charge in [-0.2, -0.15) is 4.68 Å². The molecule has 3 heteroatoms. The third-order valence-corrected chi connectivity index (χ3v) is 2.92. The van der Waals surface area contributed by atoms with Gasteiger partial charge >= 0.3 is 0 Å². The molecule has 2 aromatic carbocycles. The zero-order valence-corrected chi connectivity index (χ0v) is 10.5. The van der Waals surface area contributed by atoms with Crippen molar-refractivity contribution in [2.45, 2.75) is 12.8 Å². The number of benzene rings is 2. The summed E-state index contributed by atoms with van der Waals surface area (Å²) in [5.74, 6) is 3.14. The Bertz CT molecular complexity index is 733. The first-order valence-corrected chi connectivity index (χ1v) is 6.27. The number of aryl methyl sites for hydroxylation is 1. The molecule has 0 unspecified atom stereocenters. The Morgan fingerprint density at radius 3 is 2.63 bits per heavy atom. The maximum absolute atomic E-state index is 4.07. The zero-order chi connectivity index (χ0) is 12.9. The lowest BCUT2D eigenvalue weighted by Crippen LogP contribution is -1.91. The van der Waals surface area contributed by atoms with E-state index in [1.54, 1.807) is 4.68 Å². The van der Waals surface area contributed by atoms with Crippen molar-refractivity contribution < 1.29 is 0 Å². The molecule has 0 aliphatic heterocycles. The smallest absolute Gasteiger partial charge is 0.114 e. The topological polar surface area (TPSA) is 30.7 Å². The van der Waals surface area contributed by atoms with Crippen LogP contribution in [0, 0.1) is 12.0 Å². The second-order valence-electron chi connectivity index (χ2n) is 4.26. The number of nitrogens with zero attached hydrogens (tertiary/aromatic N) is 3. The molecular weight excluding hydrogens is 234 g/mol. The summed E-state index contributed by atoms with van der Waals surface area (Å²) in [6.45, 7) is 0. The number of hydrogen-bond donors (Lipinski definition) is 0. The van der Waals surface area contributed by atoms with Gasteiger partial charge in [0.15, 0.2) is 0 Å². The third-order valence-electron chi connectivity index (χ3n) is 2.92. The Morgan fingerprint density at radius 1 is 0.947 bits per heavy atom. The van der Waals surface area contributed by atoms with E-state index in [2.05, 4.69) is 34.4 Å². The van der Waals surface area contributed by atoms with Crippen molar-refractivity contribution in [3.05, 3.63) is 60.2 Å². The van der Waals surface area contributed by atoms with E-state index in [-0.39, 0.29) is 0 Å². The fourth-order valence-electron chi connectivity index (χ4n) is 1.93. The molecule has 0 spiro atoms. The van der Waals surface area contributed by atoms with Gasteiger partial charge in [0, 0.05) is 12.5 Å². The van der Waals surface area contributed by atoms with Crippen molar-refractivity contribution in [3.8, 4) is 12.0 Å². The monoisotopic (exact) mass is 247 g/mol. The molecule has 0 fully saturated rings. The maximum atomic E-state index is 4.07. The van der Waals surface area contributed by atoms with Crippen molar-refractivity contribution >= 4 is 11.0 Å². The predicted molar refractivity (Wildman–Crippen MR) is 75.5 cm³/mol. The van der Waals surface area contributed by atoms with E-state index in [4.69, 9.17) is 0 Å². The van der Waals surface area contributed by atoms with Gasteiger partial charge in [-0.15, -0.1) is 5.10 Å². The summed E-state index contributed by atoms with van der Waals surface area (Å²) in [5.41, 5.74) is 3.13. The minimum atomic E-state index is 0.818. The minimum Gasteiger partial charge on any atom is -0.169 e. The lowest BCUT2D eigenvalue weighted by atomic mass is 10.1. The zero-order valence-electron chi connectivity index (χ0n) is 10.5. The van der Waals surface area contributed by atoms with Crippen LogP contribution in [0.5, 0.6) is 0 Å². The summed E-state index contributed by atoms with van der Waals surface area (Å²) >= 11 is 0. The quantitative estimate of drug-likeness (QED) is 0.652. The fraction of sp³-hybridized carbons (Fsp3) is 0.125. The van der Waals surface area contributed by atoms with Crippen molar-refractivity contribution in [2.24, 2.45) is 0 Å². The normalized spacial score (nSPS) is 10.1. The summed E-state index contributed by atoms with van der Waals surface area (Å²) in [6, 6.07) is 21.2. The van der Waals surface area contributed by atoms with E-state index in [0.717, 1.165) is 23.9 Å². The van der Waals surface area contributed by atoms with Crippen molar-refractivity contribution in [3.63, 3.8) is 0 Å². The SMILES string of the molecule is C(#Cn1nnc2ccccc21)CCc1ccccc1. The van der Waals surface area contributed by atoms with Crippen LogP contribution in [0.1, 0.15) is 12.0 Å². The van der Waals surface area contributed by atoms with Crippen LogP contribution in [-0.2, 0) is 6.42 Å². The molecule has 0 aliphatic rings. The first-order valence-electron chi connectivity index (χ1n) is 6.27. The highest BCUT2D eigenvalue weighted by atomic mass is 15.4. The molecule has 0 saturated heterocycles. The molecule has 1 heterocycles. The number of fused-ring (bicyclic) bond motifs is 1. The number of aromatic nitrogens is 3. The second kappa shape index (κ2) is 5.36. The van der Waals surface area contributed by atoms with Crippen LogP contribution in [0.15, 0.2) is 54.6 Å². The fourth-order valence-corrected chi connectivity index (χ4v) is 1.93. The van der Waals surface area contributed by atoms with Gasteiger partial charge in [-0.1, -0.05) is 53.6 Å². The largest absolute Gasteiger partial charge is 0.169 e. The predicted octanol–water partition coefficient (Wildman–Crippen LogP) is 2.87. The lowest BCUT2D eigenvalue weighted by molar-refractivity contribution is 0.846. The van der Waals surface area contributed by atoms with Gasteiger partial charge < -0.3 is 0 Å². The molecule has 92 valence electrons. The van der Waals surface area contributed by atoms with Gasteiger partial charge in [-0.25, -0.2) is 0 Å². The average Bonchev–Trinajstić information content (AvgIpc) is 2.88. The molecule has 0 saturated carbocycles. The Labute approximate surface area is 111 Å². The average molecular weight is 247 g/mol. The van der Waals surface area contributed by atoms with Crippen LogP contribution in [0.2, 0.25) is 0 Å². The number of hydrogen-bond acceptors (Lipinski definition) is 2. The summed E-state index contributed by atoms with van der Waals surface area (Å²) < 4.78 is 1.64. The van der Waals surface area contributed by atoms with E-state index in [1.807, 2.05) is 42.5 Å².